The topological polar surface area (TPSA) is 42.0 Å². The number of amides is 1. The van der Waals surface area contributed by atoms with Crippen molar-refractivity contribution in [3.8, 4) is 21.9 Å². The predicted molar refractivity (Wildman–Crippen MR) is 170 cm³/mol. The van der Waals surface area contributed by atoms with E-state index in [9.17, 15) is 4.79 Å². The van der Waals surface area contributed by atoms with Crippen LogP contribution in [0.15, 0.2) is 72.8 Å². The number of ether oxygens (including phenoxy) is 2. The van der Waals surface area contributed by atoms with E-state index in [1.165, 1.54) is 57.6 Å². The molecule has 5 rings (SSSR count). The molecule has 1 fully saturated rings. The first-order valence-corrected chi connectivity index (χ1v) is 15.9. The molecule has 0 N–H and O–H groups in total. The van der Waals surface area contributed by atoms with Gasteiger partial charge in [-0.15, -0.1) is 11.3 Å². The van der Waals surface area contributed by atoms with Crippen molar-refractivity contribution in [2.75, 3.05) is 45.9 Å². The van der Waals surface area contributed by atoms with Gasteiger partial charge >= 0.3 is 0 Å². The number of nitrogens with zero attached hydrogens (tertiary/aromatic N) is 2. The van der Waals surface area contributed by atoms with Crippen molar-refractivity contribution in [3.63, 3.8) is 0 Å². The van der Waals surface area contributed by atoms with Crippen molar-refractivity contribution in [1.82, 2.24) is 9.80 Å². The minimum Gasteiger partial charge on any atom is -0.494 e. The van der Waals surface area contributed by atoms with Crippen LogP contribution >= 0.6 is 11.3 Å². The summed E-state index contributed by atoms with van der Waals surface area (Å²) in [7, 11) is 0. The van der Waals surface area contributed by atoms with E-state index < -0.39 is 0 Å². The van der Waals surface area contributed by atoms with Gasteiger partial charge in [0, 0.05) is 35.6 Å². The SMILES string of the molecule is CCN(CC)C(=O)CCCOc1ccc(Cc2c(-c3ccc(OCCN4CCCC4)cc3)sc3ccccc23)cc1. The molecule has 1 aliphatic rings. The maximum absolute atomic E-state index is 12.2. The van der Waals surface area contributed by atoms with Crippen LogP contribution in [-0.2, 0) is 11.2 Å². The Bertz CT molecular complexity index is 1390. The van der Waals surface area contributed by atoms with Crippen LogP contribution in [0.1, 0.15) is 50.7 Å². The van der Waals surface area contributed by atoms with Crippen LogP contribution in [0.5, 0.6) is 11.5 Å². The van der Waals surface area contributed by atoms with Gasteiger partial charge in [0.15, 0.2) is 0 Å². The summed E-state index contributed by atoms with van der Waals surface area (Å²) >= 11 is 1.86. The summed E-state index contributed by atoms with van der Waals surface area (Å²) in [6, 6.07) is 25.7. The van der Waals surface area contributed by atoms with E-state index in [4.69, 9.17) is 9.47 Å². The standard InChI is InChI=1S/C35H42N2O3S/c1-3-37(4-2)34(38)12-9-24-39-29-17-13-27(14-18-29)26-32-31-10-5-6-11-33(31)41-35(32)28-15-19-30(20-16-28)40-25-23-36-21-7-8-22-36/h5-6,10-11,13-20H,3-4,7-9,12,21-26H2,1-2H3. The molecule has 1 aromatic heterocycles. The summed E-state index contributed by atoms with van der Waals surface area (Å²) in [5.41, 5.74) is 3.84. The summed E-state index contributed by atoms with van der Waals surface area (Å²) < 4.78 is 13.3. The lowest BCUT2D eigenvalue weighted by Crippen LogP contribution is -2.30. The van der Waals surface area contributed by atoms with Crippen molar-refractivity contribution < 1.29 is 14.3 Å². The fourth-order valence-electron chi connectivity index (χ4n) is 5.56. The first-order valence-electron chi connectivity index (χ1n) is 15.1. The number of benzene rings is 3. The molecule has 0 saturated carbocycles. The van der Waals surface area contributed by atoms with E-state index in [-0.39, 0.29) is 5.91 Å². The second kappa shape index (κ2) is 14.5. The number of likely N-dealkylation sites (tertiary alicyclic amines) is 1. The number of carbonyl (C=O) groups excluding carboxylic acids is 1. The third kappa shape index (κ3) is 7.69. The molecule has 0 atom stereocenters. The maximum atomic E-state index is 12.2. The molecule has 216 valence electrons. The Morgan fingerprint density at radius 3 is 2.22 bits per heavy atom. The van der Waals surface area contributed by atoms with Crippen LogP contribution in [0, 0.1) is 0 Å². The van der Waals surface area contributed by atoms with Crippen LogP contribution in [0.4, 0.5) is 0 Å². The summed E-state index contributed by atoms with van der Waals surface area (Å²) in [5.74, 6) is 1.98. The molecule has 4 aromatic rings. The number of fused-ring (bicyclic) bond motifs is 1. The molecule has 0 aliphatic carbocycles. The van der Waals surface area contributed by atoms with Gasteiger partial charge in [-0.2, -0.15) is 0 Å². The average molecular weight is 571 g/mol. The molecule has 5 nitrogen and oxygen atoms in total. The zero-order valence-corrected chi connectivity index (χ0v) is 25.3. The van der Waals surface area contributed by atoms with Gasteiger partial charge in [-0.25, -0.2) is 0 Å². The van der Waals surface area contributed by atoms with Crippen LogP contribution in [-0.4, -0.2) is 61.6 Å². The van der Waals surface area contributed by atoms with Gasteiger partial charge in [-0.05, 0) is 117 Å². The van der Waals surface area contributed by atoms with Gasteiger partial charge in [0.25, 0.3) is 0 Å². The lowest BCUT2D eigenvalue weighted by atomic mass is 9.99. The molecule has 6 heteroatoms. The molecule has 0 unspecified atom stereocenters. The second-order valence-electron chi connectivity index (χ2n) is 10.7. The highest BCUT2D eigenvalue weighted by Gasteiger charge is 2.15. The molecule has 0 spiro atoms. The van der Waals surface area contributed by atoms with Gasteiger partial charge in [0.2, 0.25) is 5.91 Å². The van der Waals surface area contributed by atoms with Crippen molar-refractivity contribution in [2.24, 2.45) is 0 Å². The monoisotopic (exact) mass is 570 g/mol. The van der Waals surface area contributed by atoms with Gasteiger partial charge in [0.05, 0.1) is 6.61 Å². The molecule has 1 amide bonds. The first-order chi connectivity index (χ1) is 20.1. The van der Waals surface area contributed by atoms with E-state index in [0.29, 0.717) is 13.0 Å². The molecule has 3 aromatic carbocycles. The fraction of sp³-hybridized carbons (Fsp3) is 0.400. The lowest BCUT2D eigenvalue weighted by molar-refractivity contribution is -0.131. The molecule has 0 bridgehead atoms. The number of carbonyl (C=O) groups is 1. The Labute approximate surface area is 248 Å². The Kier molecular flexibility index (Phi) is 10.3. The van der Waals surface area contributed by atoms with Gasteiger partial charge < -0.3 is 14.4 Å². The Morgan fingerprint density at radius 1 is 0.854 bits per heavy atom. The van der Waals surface area contributed by atoms with Crippen molar-refractivity contribution in [3.05, 3.63) is 83.9 Å². The van der Waals surface area contributed by atoms with Crippen molar-refractivity contribution >= 4 is 27.3 Å². The maximum Gasteiger partial charge on any atom is 0.222 e. The molecular weight excluding hydrogens is 528 g/mol. The molecular formula is C35H42N2O3S. The number of rotatable bonds is 14. The minimum absolute atomic E-state index is 0.201. The zero-order valence-electron chi connectivity index (χ0n) is 24.4. The third-order valence-electron chi connectivity index (χ3n) is 7.91. The van der Waals surface area contributed by atoms with Crippen LogP contribution < -0.4 is 9.47 Å². The second-order valence-corrected chi connectivity index (χ2v) is 11.7. The Balaban J connectivity index is 1.21. The highest BCUT2D eigenvalue weighted by atomic mass is 32.1. The van der Waals surface area contributed by atoms with E-state index in [0.717, 1.165) is 50.6 Å². The lowest BCUT2D eigenvalue weighted by Gasteiger charge is -2.18. The molecule has 0 radical (unpaired) electrons. The summed E-state index contributed by atoms with van der Waals surface area (Å²) in [6.07, 6.45) is 4.73. The van der Waals surface area contributed by atoms with Gasteiger partial charge in [-0.1, -0.05) is 30.3 Å². The summed E-state index contributed by atoms with van der Waals surface area (Å²) in [5, 5.41) is 1.32. The smallest absolute Gasteiger partial charge is 0.222 e. The number of hydrogen-bond acceptors (Lipinski definition) is 5. The van der Waals surface area contributed by atoms with Crippen molar-refractivity contribution in [2.45, 2.75) is 46.0 Å². The third-order valence-corrected chi connectivity index (χ3v) is 9.18. The predicted octanol–water partition coefficient (Wildman–Crippen LogP) is 7.66. The van der Waals surface area contributed by atoms with Crippen LogP contribution in [0.25, 0.3) is 20.5 Å². The number of thiophene rings is 1. The molecule has 2 heterocycles. The molecule has 41 heavy (non-hydrogen) atoms. The highest BCUT2D eigenvalue weighted by Crippen LogP contribution is 2.40. The Hall–Kier alpha value is -3.35. The normalized spacial score (nSPS) is 13.5. The van der Waals surface area contributed by atoms with E-state index >= 15 is 0 Å². The summed E-state index contributed by atoms with van der Waals surface area (Å²) in [4.78, 5) is 17.9. The molecule has 1 saturated heterocycles. The van der Waals surface area contributed by atoms with Crippen LogP contribution in [0.2, 0.25) is 0 Å². The minimum atomic E-state index is 0.201. The molecule has 1 aliphatic heterocycles. The van der Waals surface area contributed by atoms with Crippen molar-refractivity contribution in [1.29, 1.82) is 0 Å². The summed E-state index contributed by atoms with van der Waals surface area (Å²) in [6.45, 7) is 10.2. The largest absolute Gasteiger partial charge is 0.494 e. The Morgan fingerprint density at radius 2 is 1.51 bits per heavy atom. The fourth-order valence-corrected chi connectivity index (χ4v) is 6.79. The van der Waals surface area contributed by atoms with Gasteiger partial charge in [0.1, 0.15) is 18.1 Å². The van der Waals surface area contributed by atoms with Crippen LogP contribution in [0.3, 0.4) is 0 Å². The highest BCUT2D eigenvalue weighted by molar-refractivity contribution is 7.22. The van der Waals surface area contributed by atoms with Gasteiger partial charge in [-0.3, -0.25) is 9.69 Å². The number of hydrogen-bond donors (Lipinski definition) is 0. The first kappa shape index (κ1) is 29.2. The van der Waals surface area contributed by atoms with E-state index in [1.807, 2.05) is 42.2 Å². The quantitative estimate of drug-likeness (QED) is 0.146. The zero-order chi connectivity index (χ0) is 28.4. The van der Waals surface area contributed by atoms with E-state index in [2.05, 4.69) is 65.6 Å². The average Bonchev–Trinajstić information content (AvgIpc) is 3.65. The van der Waals surface area contributed by atoms with E-state index in [1.54, 1.807) is 0 Å².